The molecule has 0 aliphatic carbocycles. The molecular weight excluding hydrogens is 336 g/mol. The van der Waals surface area contributed by atoms with E-state index in [1.807, 2.05) is 13.8 Å². The summed E-state index contributed by atoms with van der Waals surface area (Å²) < 4.78 is 3.44. The Morgan fingerprint density at radius 1 is 1.39 bits per heavy atom. The second-order valence-electron chi connectivity index (χ2n) is 5.28. The van der Waals surface area contributed by atoms with Crippen LogP contribution in [-0.4, -0.2) is 19.1 Å². The predicted octanol–water partition coefficient (Wildman–Crippen LogP) is 2.64. The lowest BCUT2D eigenvalue weighted by Gasteiger charge is -2.17. The topological polar surface area (TPSA) is 69.8 Å². The van der Waals surface area contributed by atoms with Gasteiger partial charge in [-0.3, -0.25) is 9.36 Å². The molecule has 2 aliphatic rings. The maximum absolute atomic E-state index is 12.6. The zero-order chi connectivity index (χ0) is 16.6. The molecule has 1 aromatic rings. The van der Waals surface area contributed by atoms with Gasteiger partial charge in [0.15, 0.2) is 10.3 Å². The monoisotopic (exact) mass is 350 g/mol. The minimum Gasteiger partial charge on any atom is -0.327 e. The van der Waals surface area contributed by atoms with E-state index in [0.717, 1.165) is 4.88 Å². The number of hydrogen-bond acceptors (Lipinski definition) is 5. The summed E-state index contributed by atoms with van der Waals surface area (Å²) in [6.45, 7) is 4.23. The Balaban J connectivity index is 2.15. The average molecular weight is 351 g/mol. The number of thiazole rings is 1. The first-order valence-corrected chi connectivity index (χ1v) is 8.42. The SMILES string of the molecule is CCC(C)n1c(=O)nc2n(Cc3cnc(Cl)s3)cccc-2c1=O. The van der Waals surface area contributed by atoms with Crippen molar-refractivity contribution >= 4 is 22.9 Å². The third-order valence-electron chi connectivity index (χ3n) is 3.78. The standard InChI is InChI=1S/C15H15ClN4O2S/c1-3-9(2)20-13(21)11-5-4-6-19(12(11)18-15(20)22)8-10-7-17-14(16)23-10/h4-7,9H,3,8H2,1-2H3. The van der Waals surface area contributed by atoms with Gasteiger partial charge in [-0.1, -0.05) is 18.5 Å². The van der Waals surface area contributed by atoms with Gasteiger partial charge in [-0.05, 0) is 25.5 Å². The van der Waals surface area contributed by atoms with Gasteiger partial charge in [0.05, 0.1) is 12.1 Å². The lowest BCUT2D eigenvalue weighted by molar-refractivity contribution is 0.488. The summed E-state index contributed by atoms with van der Waals surface area (Å²) in [5, 5.41) is 0. The molecular formula is C15H15ClN4O2S. The van der Waals surface area contributed by atoms with Crippen LogP contribution < -0.4 is 11.2 Å². The van der Waals surface area contributed by atoms with Gasteiger partial charge in [-0.25, -0.2) is 9.78 Å². The van der Waals surface area contributed by atoms with Crippen LogP contribution in [0.2, 0.25) is 4.47 Å². The molecule has 0 spiro atoms. The Kier molecular flexibility index (Phi) is 4.32. The van der Waals surface area contributed by atoms with E-state index in [-0.39, 0.29) is 11.6 Å². The Morgan fingerprint density at radius 2 is 2.17 bits per heavy atom. The fourth-order valence-electron chi connectivity index (χ4n) is 2.42. The lowest BCUT2D eigenvalue weighted by Crippen LogP contribution is -2.39. The second-order valence-corrected chi connectivity index (χ2v) is 6.98. The van der Waals surface area contributed by atoms with Crippen LogP contribution in [0, 0.1) is 0 Å². The Hall–Kier alpha value is -1.99. The third kappa shape index (κ3) is 2.94. The van der Waals surface area contributed by atoms with Gasteiger partial charge < -0.3 is 4.57 Å². The molecule has 3 heterocycles. The van der Waals surface area contributed by atoms with Gasteiger partial charge in [-0.15, -0.1) is 11.3 Å². The van der Waals surface area contributed by atoms with Crippen molar-refractivity contribution in [2.75, 3.05) is 0 Å². The van der Waals surface area contributed by atoms with Crippen molar-refractivity contribution in [1.82, 2.24) is 19.1 Å². The molecule has 0 saturated heterocycles. The number of nitrogens with zero attached hydrogens (tertiary/aromatic N) is 4. The number of hydrogen-bond donors (Lipinski definition) is 0. The molecule has 1 atom stereocenters. The van der Waals surface area contributed by atoms with Crippen LogP contribution in [0.5, 0.6) is 0 Å². The minimum atomic E-state index is -0.515. The summed E-state index contributed by atoms with van der Waals surface area (Å²) in [6.07, 6.45) is 4.15. The van der Waals surface area contributed by atoms with Gasteiger partial charge >= 0.3 is 5.69 Å². The number of pyridine rings is 1. The molecule has 0 amide bonds. The highest BCUT2D eigenvalue weighted by molar-refractivity contribution is 7.15. The first kappa shape index (κ1) is 15.9. The van der Waals surface area contributed by atoms with E-state index in [1.165, 1.54) is 15.9 Å². The molecule has 23 heavy (non-hydrogen) atoms. The molecule has 0 radical (unpaired) electrons. The van der Waals surface area contributed by atoms with Crippen molar-refractivity contribution in [2.45, 2.75) is 32.9 Å². The number of rotatable bonds is 4. The second kappa shape index (κ2) is 6.25. The van der Waals surface area contributed by atoms with Crippen LogP contribution in [0.15, 0.2) is 34.1 Å². The minimum absolute atomic E-state index is 0.180. The molecule has 6 nitrogen and oxygen atoms in total. The Bertz CT molecular complexity index is 930. The first-order chi connectivity index (χ1) is 11.0. The molecule has 1 unspecified atom stereocenters. The number of halogens is 1. The smallest absolute Gasteiger partial charge is 0.327 e. The number of aromatic nitrogens is 4. The number of fused-ring (bicyclic) bond motifs is 1. The highest BCUT2D eigenvalue weighted by Gasteiger charge is 2.19. The summed E-state index contributed by atoms with van der Waals surface area (Å²) in [7, 11) is 0. The van der Waals surface area contributed by atoms with Crippen molar-refractivity contribution in [3.8, 4) is 11.4 Å². The maximum Gasteiger partial charge on any atom is 0.352 e. The Labute approximate surface area is 141 Å². The van der Waals surface area contributed by atoms with E-state index in [0.29, 0.717) is 28.8 Å². The van der Waals surface area contributed by atoms with Gasteiger partial charge in [0, 0.05) is 23.3 Å². The predicted molar refractivity (Wildman–Crippen MR) is 90.6 cm³/mol. The summed E-state index contributed by atoms with van der Waals surface area (Å²) in [6, 6.07) is 3.29. The fourth-order valence-corrected chi connectivity index (χ4v) is 3.40. The largest absolute Gasteiger partial charge is 0.352 e. The van der Waals surface area contributed by atoms with Crippen molar-refractivity contribution in [1.29, 1.82) is 0 Å². The molecule has 0 N–H and O–H groups in total. The van der Waals surface area contributed by atoms with Crippen LogP contribution in [0.3, 0.4) is 0 Å². The average Bonchev–Trinajstić information content (AvgIpc) is 2.93. The van der Waals surface area contributed by atoms with Crippen LogP contribution >= 0.6 is 22.9 Å². The highest BCUT2D eigenvalue weighted by Crippen LogP contribution is 2.21. The van der Waals surface area contributed by atoms with Gasteiger partial charge in [0.25, 0.3) is 5.56 Å². The van der Waals surface area contributed by atoms with Crippen molar-refractivity contribution < 1.29 is 0 Å². The van der Waals surface area contributed by atoms with Crippen molar-refractivity contribution in [2.24, 2.45) is 0 Å². The zero-order valence-corrected chi connectivity index (χ0v) is 14.3. The highest BCUT2D eigenvalue weighted by atomic mass is 35.5. The fraction of sp³-hybridized carbons (Fsp3) is 0.333. The van der Waals surface area contributed by atoms with Crippen molar-refractivity contribution in [3.63, 3.8) is 0 Å². The van der Waals surface area contributed by atoms with Crippen molar-refractivity contribution in [3.05, 3.63) is 54.7 Å². The van der Waals surface area contributed by atoms with E-state index in [1.54, 1.807) is 29.1 Å². The maximum atomic E-state index is 12.6. The van der Waals surface area contributed by atoms with Crippen LogP contribution in [0.25, 0.3) is 11.4 Å². The lowest BCUT2D eigenvalue weighted by atomic mass is 10.2. The normalized spacial score (nSPS) is 12.7. The third-order valence-corrected chi connectivity index (χ3v) is 4.88. The summed E-state index contributed by atoms with van der Waals surface area (Å²) in [4.78, 5) is 34.0. The van der Waals surface area contributed by atoms with E-state index in [2.05, 4.69) is 9.97 Å². The molecule has 8 heteroatoms. The molecule has 1 aromatic heterocycles. The molecule has 120 valence electrons. The molecule has 0 bridgehead atoms. The molecule has 3 rings (SSSR count). The van der Waals surface area contributed by atoms with Gasteiger partial charge in [-0.2, -0.15) is 4.98 Å². The molecule has 0 aromatic carbocycles. The van der Waals surface area contributed by atoms with Crippen LogP contribution in [0.1, 0.15) is 31.2 Å². The zero-order valence-electron chi connectivity index (χ0n) is 12.7. The summed E-state index contributed by atoms with van der Waals surface area (Å²) >= 11 is 7.20. The molecule has 0 saturated carbocycles. The Morgan fingerprint density at radius 3 is 2.83 bits per heavy atom. The van der Waals surface area contributed by atoms with Gasteiger partial charge in [0.1, 0.15) is 0 Å². The molecule has 2 aliphatic heterocycles. The van der Waals surface area contributed by atoms with E-state index in [9.17, 15) is 9.59 Å². The summed E-state index contributed by atoms with van der Waals surface area (Å²) in [5.41, 5.74) is -0.381. The van der Waals surface area contributed by atoms with E-state index < -0.39 is 5.69 Å². The molecule has 0 fully saturated rings. The first-order valence-electron chi connectivity index (χ1n) is 7.23. The summed E-state index contributed by atoms with van der Waals surface area (Å²) in [5.74, 6) is 0.381. The van der Waals surface area contributed by atoms with E-state index in [4.69, 9.17) is 11.6 Å². The quantitative estimate of drug-likeness (QED) is 0.725. The van der Waals surface area contributed by atoms with Crippen LogP contribution in [0.4, 0.5) is 0 Å². The van der Waals surface area contributed by atoms with Crippen LogP contribution in [-0.2, 0) is 6.54 Å². The van der Waals surface area contributed by atoms with Gasteiger partial charge in [0.2, 0.25) is 0 Å². The van der Waals surface area contributed by atoms with E-state index >= 15 is 0 Å².